The number of imidazole rings is 1. The van der Waals surface area contributed by atoms with E-state index < -0.39 is 0 Å². The molecular weight excluding hydrogens is 194 g/mol. The highest BCUT2D eigenvalue weighted by Gasteiger charge is 2.08. The maximum Gasteiger partial charge on any atom is 0.307 e. The molecular formula is C10H17N3O2. The standard InChI is InChI=1S/C10H17N3O2/c1-4-15-9(14)5-7-12(2)10-11-6-8-13(10)3/h6,8H,4-5,7H2,1-3H3. The van der Waals surface area contributed by atoms with Crippen LogP contribution in [0, 0.1) is 0 Å². The van der Waals surface area contributed by atoms with Gasteiger partial charge in [-0.05, 0) is 6.92 Å². The number of aryl methyl sites for hydroxylation is 1. The smallest absolute Gasteiger partial charge is 0.307 e. The van der Waals surface area contributed by atoms with Crippen molar-refractivity contribution in [3.63, 3.8) is 0 Å². The predicted molar refractivity (Wildman–Crippen MR) is 57.7 cm³/mol. The number of ether oxygens (including phenoxy) is 1. The van der Waals surface area contributed by atoms with Crippen LogP contribution in [-0.2, 0) is 16.6 Å². The van der Waals surface area contributed by atoms with Crippen molar-refractivity contribution < 1.29 is 9.53 Å². The molecule has 0 N–H and O–H groups in total. The van der Waals surface area contributed by atoms with Gasteiger partial charge in [0.05, 0.1) is 13.0 Å². The van der Waals surface area contributed by atoms with Crippen LogP contribution in [0.1, 0.15) is 13.3 Å². The van der Waals surface area contributed by atoms with E-state index in [-0.39, 0.29) is 5.97 Å². The second-order valence-corrected chi connectivity index (χ2v) is 3.31. The number of hydrogen-bond acceptors (Lipinski definition) is 4. The van der Waals surface area contributed by atoms with E-state index in [1.807, 2.05) is 29.8 Å². The third-order valence-corrected chi connectivity index (χ3v) is 2.09. The molecule has 1 rings (SSSR count). The first-order valence-corrected chi connectivity index (χ1v) is 4.99. The maximum atomic E-state index is 11.1. The summed E-state index contributed by atoms with van der Waals surface area (Å²) in [6.07, 6.45) is 3.99. The van der Waals surface area contributed by atoms with E-state index >= 15 is 0 Å². The monoisotopic (exact) mass is 211 g/mol. The molecule has 84 valence electrons. The minimum atomic E-state index is -0.168. The number of aromatic nitrogens is 2. The third-order valence-electron chi connectivity index (χ3n) is 2.09. The summed E-state index contributed by atoms with van der Waals surface area (Å²) in [5.41, 5.74) is 0. The number of hydrogen-bond donors (Lipinski definition) is 0. The molecule has 0 radical (unpaired) electrons. The fourth-order valence-electron chi connectivity index (χ4n) is 1.32. The van der Waals surface area contributed by atoms with E-state index in [1.165, 1.54) is 0 Å². The van der Waals surface area contributed by atoms with Crippen LogP contribution in [0.5, 0.6) is 0 Å². The molecule has 5 nitrogen and oxygen atoms in total. The number of anilines is 1. The van der Waals surface area contributed by atoms with Gasteiger partial charge in [0.15, 0.2) is 0 Å². The molecule has 0 fully saturated rings. The van der Waals surface area contributed by atoms with Gasteiger partial charge in [0, 0.05) is 33.0 Å². The average molecular weight is 211 g/mol. The number of rotatable bonds is 5. The van der Waals surface area contributed by atoms with Crippen LogP contribution in [-0.4, -0.2) is 35.7 Å². The van der Waals surface area contributed by atoms with Gasteiger partial charge < -0.3 is 14.2 Å². The highest BCUT2D eigenvalue weighted by molar-refractivity contribution is 5.70. The van der Waals surface area contributed by atoms with Crippen LogP contribution in [0.3, 0.4) is 0 Å². The average Bonchev–Trinajstić information content (AvgIpc) is 2.61. The Morgan fingerprint density at radius 1 is 1.67 bits per heavy atom. The van der Waals surface area contributed by atoms with Gasteiger partial charge in [0.2, 0.25) is 5.95 Å². The van der Waals surface area contributed by atoms with Gasteiger partial charge in [-0.15, -0.1) is 0 Å². The minimum Gasteiger partial charge on any atom is -0.466 e. The Bertz CT molecular complexity index is 322. The Kier molecular flexibility index (Phi) is 4.15. The van der Waals surface area contributed by atoms with Crippen molar-refractivity contribution in [1.82, 2.24) is 9.55 Å². The third kappa shape index (κ3) is 3.27. The van der Waals surface area contributed by atoms with Gasteiger partial charge in [-0.1, -0.05) is 0 Å². The molecule has 0 bridgehead atoms. The maximum absolute atomic E-state index is 11.1. The van der Waals surface area contributed by atoms with Gasteiger partial charge >= 0.3 is 5.97 Å². The van der Waals surface area contributed by atoms with Crippen LogP contribution in [0.4, 0.5) is 5.95 Å². The number of carbonyl (C=O) groups excluding carboxylic acids is 1. The van der Waals surface area contributed by atoms with E-state index in [0.717, 1.165) is 5.95 Å². The van der Waals surface area contributed by atoms with Crippen LogP contribution in [0.15, 0.2) is 12.4 Å². The lowest BCUT2D eigenvalue weighted by Gasteiger charge is -2.17. The van der Waals surface area contributed by atoms with Crippen molar-refractivity contribution in [1.29, 1.82) is 0 Å². The molecule has 15 heavy (non-hydrogen) atoms. The number of esters is 1. The molecule has 0 spiro atoms. The lowest BCUT2D eigenvalue weighted by atomic mass is 10.4. The zero-order valence-electron chi connectivity index (χ0n) is 9.43. The summed E-state index contributed by atoms with van der Waals surface area (Å²) in [5.74, 6) is 0.679. The molecule has 0 saturated heterocycles. The lowest BCUT2D eigenvalue weighted by Crippen LogP contribution is -2.24. The highest BCUT2D eigenvalue weighted by atomic mass is 16.5. The molecule has 0 atom stereocenters. The second-order valence-electron chi connectivity index (χ2n) is 3.31. The fraction of sp³-hybridized carbons (Fsp3) is 0.600. The number of carbonyl (C=O) groups is 1. The molecule has 0 amide bonds. The molecule has 1 heterocycles. The first kappa shape index (κ1) is 11.6. The van der Waals surface area contributed by atoms with Crippen LogP contribution in [0.25, 0.3) is 0 Å². The molecule has 1 aromatic rings. The summed E-state index contributed by atoms with van der Waals surface area (Å²) in [5, 5.41) is 0. The fourth-order valence-corrected chi connectivity index (χ4v) is 1.32. The van der Waals surface area contributed by atoms with Gasteiger partial charge in [0.25, 0.3) is 0 Å². The Hall–Kier alpha value is -1.52. The Labute approximate surface area is 89.7 Å². The van der Waals surface area contributed by atoms with Crippen LogP contribution in [0.2, 0.25) is 0 Å². The first-order valence-electron chi connectivity index (χ1n) is 4.99. The second kappa shape index (κ2) is 5.38. The molecule has 0 unspecified atom stereocenters. The van der Waals surface area contributed by atoms with E-state index in [4.69, 9.17) is 4.74 Å². The van der Waals surface area contributed by atoms with E-state index in [2.05, 4.69) is 4.98 Å². The van der Waals surface area contributed by atoms with Gasteiger partial charge in [0.1, 0.15) is 0 Å². The van der Waals surface area contributed by atoms with Gasteiger partial charge in [-0.2, -0.15) is 0 Å². The highest BCUT2D eigenvalue weighted by Crippen LogP contribution is 2.07. The largest absolute Gasteiger partial charge is 0.466 e. The first-order chi connectivity index (χ1) is 7.15. The van der Waals surface area contributed by atoms with Crippen molar-refractivity contribution in [3.8, 4) is 0 Å². The Morgan fingerprint density at radius 2 is 2.40 bits per heavy atom. The zero-order valence-corrected chi connectivity index (χ0v) is 9.43. The van der Waals surface area contributed by atoms with Gasteiger partial charge in [-0.25, -0.2) is 4.98 Å². The summed E-state index contributed by atoms with van der Waals surface area (Å²) in [6, 6.07) is 0. The summed E-state index contributed by atoms with van der Waals surface area (Å²) in [6.45, 7) is 2.86. The molecule has 0 aliphatic rings. The van der Waals surface area contributed by atoms with Crippen molar-refractivity contribution in [2.75, 3.05) is 25.1 Å². The Morgan fingerprint density at radius 3 is 2.93 bits per heavy atom. The molecule has 0 aromatic carbocycles. The summed E-state index contributed by atoms with van der Waals surface area (Å²) in [4.78, 5) is 17.2. The molecule has 0 saturated carbocycles. The summed E-state index contributed by atoms with van der Waals surface area (Å²) < 4.78 is 6.75. The molecule has 0 aliphatic heterocycles. The van der Waals surface area contributed by atoms with Crippen molar-refractivity contribution >= 4 is 11.9 Å². The molecule has 5 heteroatoms. The Balaban J connectivity index is 2.40. The van der Waals surface area contributed by atoms with E-state index in [9.17, 15) is 4.79 Å². The predicted octanol–water partition coefficient (Wildman–Crippen LogP) is 0.809. The quantitative estimate of drug-likeness (QED) is 0.676. The van der Waals surface area contributed by atoms with Crippen molar-refractivity contribution in [2.45, 2.75) is 13.3 Å². The van der Waals surface area contributed by atoms with Crippen LogP contribution < -0.4 is 4.90 Å². The number of nitrogens with zero attached hydrogens (tertiary/aromatic N) is 3. The summed E-state index contributed by atoms with van der Waals surface area (Å²) >= 11 is 0. The normalized spacial score (nSPS) is 10.1. The van der Waals surface area contributed by atoms with E-state index in [0.29, 0.717) is 19.6 Å². The zero-order chi connectivity index (χ0) is 11.3. The SMILES string of the molecule is CCOC(=O)CCN(C)c1nccn1C. The molecule has 1 aromatic heterocycles. The molecule has 0 aliphatic carbocycles. The van der Waals surface area contributed by atoms with Crippen molar-refractivity contribution in [3.05, 3.63) is 12.4 Å². The van der Waals surface area contributed by atoms with Crippen molar-refractivity contribution in [2.24, 2.45) is 7.05 Å². The topological polar surface area (TPSA) is 47.4 Å². The lowest BCUT2D eigenvalue weighted by molar-refractivity contribution is -0.142. The van der Waals surface area contributed by atoms with Crippen LogP contribution >= 0.6 is 0 Å². The minimum absolute atomic E-state index is 0.168. The summed E-state index contributed by atoms with van der Waals surface area (Å²) in [7, 11) is 3.82. The van der Waals surface area contributed by atoms with Gasteiger partial charge in [-0.3, -0.25) is 4.79 Å². The van der Waals surface area contributed by atoms with E-state index in [1.54, 1.807) is 13.1 Å².